The number of aliphatic carboxylic acids is 1. The van der Waals surface area contributed by atoms with Crippen LogP contribution >= 0.6 is 0 Å². The molecule has 0 fully saturated rings. The van der Waals surface area contributed by atoms with Gasteiger partial charge in [-0.1, -0.05) is 25.1 Å². The Balaban J connectivity index is 2.19. The Kier molecular flexibility index (Phi) is 2.19. The van der Waals surface area contributed by atoms with Crippen LogP contribution in [-0.4, -0.2) is 22.1 Å². The highest BCUT2D eigenvalue weighted by atomic mass is 16.4. The number of hydrogen-bond donors (Lipinski definition) is 3. The van der Waals surface area contributed by atoms with Crippen molar-refractivity contribution in [3.63, 3.8) is 0 Å². The zero-order chi connectivity index (χ0) is 12.0. The van der Waals surface area contributed by atoms with Gasteiger partial charge in [0.25, 0.3) is 0 Å². The summed E-state index contributed by atoms with van der Waals surface area (Å²) in [6, 6.07) is 7.54. The summed E-state index contributed by atoms with van der Waals surface area (Å²) in [7, 11) is 0. The van der Waals surface area contributed by atoms with Gasteiger partial charge in [-0.3, -0.25) is 10.1 Å². The van der Waals surface area contributed by atoms with Crippen LogP contribution in [0.3, 0.4) is 0 Å². The third-order valence-electron chi connectivity index (χ3n) is 3.55. The van der Waals surface area contributed by atoms with Crippen LogP contribution in [0.15, 0.2) is 24.3 Å². The van der Waals surface area contributed by atoms with Crippen molar-refractivity contribution in [3.05, 3.63) is 35.5 Å². The van der Waals surface area contributed by atoms with Gasteiger partial charge in [-0.25, -0.2) is 0 Å². The molecule has 0 amide bonds. The number of aromatic nitrogens is 1. The number of carbonyl (C=O) groups is 1. The molecule has 2 atom stereocenters. The van der Waals surface area contributed by atoms with E-state index in [-0.39, 0.29) is 5.92 Å². The third kappa shape index (κ3) is 1.45. The number of aromatic amines is 1. The van der Waals surface area contributed by atoms with E-state index in [4.69, 9.17) is 0 Å². The van der Waals surface area contributed by atoms with Gasteiger partial charge in [-0.15, -0.1) is 0 Å². The number of rotatable bonds is 1. The molecule has 0 saturated carbocycles. The third-order valence-corrected chi connectivity index (χ3v) is 3.55. The smallest absolute Gasteiger partial charge is 0.321 e. The molecule has 4 nitrogen and oxygen atoms in total. The Morgan fingerprint density at radius 2 is 2.18 bits per heavy atom. The minimum absolute atomic E-state index is 0.0209. The molecule has 88 valence electrons. The second kappa shape index (κ2) is 3.60. The maximum Gasteiger partial charge on any atom is 0.321 e. The lowest BCUT2D eigenvalue weighted by Crippen LogP contribution is -2.43. The molecule has 0 bridgehead atoms. The number of fused-ring (bicyclic) bond motifs is 3. The van der Waals surface area contributed by atoms with Crippen LogP contribution in [-0.2, 0) is 11.3 Å². The molecule has 0 aliphatic carbocycles. The summed E-state index contributed by atoms with van der Waals surface area (Å²) < 4.78 is 0. The molecule has 1 aliphatic rings. The van der Waals surface area contributed by atoms with Crippen molar-refractivity contribution in [1.29, 1.82) is 0 Å². The van der Waals surface area contributed by atoms with Gasteiger partial charge < -0.3 is 10.1 Å². The first-order valence-corrected chi connectivity index (χ1v) is 5.74. The first-order valence-electron chi connectivity index (χ1n) is 5.74. The average Bonchev–Trinajstić information content (AvgIpc) is 2.67. The van der Waals surface area contributed by atoms with Crippen molar-refractivity contribution < 1.29 is 9.90 Å². The second-order valence-electron chi connectivity index (χ2n) is 4.55. The van der Waals surface area contributed by atoms with E-state index in [9.17, 15) is 9.90 Å². The fourth-order valence-corrected chi connectivity index (χ4v) is 2.74. The Labute approximate surface area is 98.6 Å². The van der Waals surface area contributed by atoms with E-state index in [1.54, 1.807) is 0 Å². The van der Waals surface area contributed by atoms with Crippen LogP contribution < -0.4 is 5.32 Å². The first kappa shape index (κ1) is 10.4. The molecular formula is C13H14N2O2. The molecule has 1 aromatic carbocycles. The molecular weight excluding hydrogens is 216 g/mol. The maximum absolute atomic E-state index is 11.2. The number of para-hydroxylation sites is 1. The van der Waals surface area contributed by atoms with Crippen molar-refractivity contribution >= 4 is 16.9 Å². The molecule has 1 aromatic heterocycles. The molecule has 0 spiro atoms. The molecule has 0 radical (unpaired) electrons. The van der Waals surface area contributed by atoms with Crippen LogP contribution in [0.25, 0.3) is 10.9 Å². The van der Waals surface area contributed by atoms with Crippen LogP contribution in [0.4, 0.5) is 0 Å². The molecule has 2 unspecified atom stereocenters. The lowest BCUT2D eigenvalue weighted by molar-refractivity contribution is -0.140. The highest BCUT2D eigenvalue weighted by molar-refractivity contribution is 5.87. The van der Waals surface area contributed by atoms with Gasteiger partial charge >= 0.3 is 5.97 Å². The van der Waals surface area contributed by atoms with Crippen LogP contribution in [0.1, 0.15) is 24.1 Å². The zero-order valence-corrected chi connectivity index (χ0v) is 9.53. The van der Waals surface area contributed by atoms with E-state index in [2.05, 4.69) is 10.3 Å². The minimum atomic E-state index is -0.784. The predicted molar refractivity (Wildman–Crippen MR) is 65.0 cm³/mol. The average molecular weight is 230 g/mol. The van der Waals surface area contributed by atoms with E-state index in [0.29, 0.717) is 6.54 Å². The minimum Gasteiger partial charge on any atom is -0.480 e. The van der Waals surface area contributed by atoms with E-state index in [1.807, 2.05) is 31.2 Å². The first-order chi connectivity index (χ1) is 8.18. The Morgan fingerprint density at radius 3 is 2.94 bits per heavy atom. The quantitative estimate of drug-likeness (QED) is 0.700. The SMILES string of the molecule is CC1c2c([nH]c3ccccc23)CNC1C(=O)O. The maximum atomic E-state index is 11.2. The summed E-state index contributed by atoms with van der Waals surface area (Å²) in [4.78, 5) is 14.5. The van der Waals surface area contributed by atoms with Crippen molar-refractivity contribution in [3.8, 4) is 0 Å². The number of benzene rings is 1. The molecule has 3 N–H and O–H groups in total. The van der Waals surface area contributed by atoms with Gasteiger partial charge in [-0.2, -0.15) is 0 Å². The number of carboxylic acids is 1. The molecule has 1 aliphatic heterocycles. The van der Waals surface area contributed by atoms with E-state index >= 15 is 0 Å². The molecule has 4 heteroatoms. The van der Waals surface area contributed by atoms with E-state index in [0.717, 1.165) is 22.2 Å². The zero-order valence-electron chi connectivity index (χ0n) is 9.53. The Hall–Kier alpha value is -1.81. The van der Waals surface area contributed by atoms with Gasteiger partial charge in [0, 0.05) is 29.1 Å². The summed E-state index contributed by atoms with van der Waals surface area (Å²) >= 11 is 0. The summed E-state index contributed by atoms with van der Waals surface area (Å²) in [5, 5.41) is 13.4. The second-order valence-corrected chi connectivity index (χ2v) is 4.55. The number of hydrogen-bond acceptors (Lipinski definition) is 2. The number of nitrogens with one attached hydrogen (secondary N) is 2. The van der Waals surface area contributed by atoms with Crippen LogP contribution in [0, 0.1) is 0 Å². The molecule has 0 saturated heterocycles. The normalized spacial score (nSPS) is 23.6. The number of carboxylic acid groups (broad SMARTS) is 1. The van der Waals surface area contributed by atoms with E-state index in [1.165, 1.54) is 0 Å². The Morgan fingerprint density at radius 1 is 1.41 bits per heavy atom. The van der Waals surface area contributed by atoms with Gasteiger partial charge in [0.15, 0.2) is 0 Å². The van der Waals surface area contributed by atoms with Crippen molar-refractivity contribution in [2.75, 3.05) is 0 Å². The van der Waals surface area contributed by atoms with Gasteiger partial charge in [0.05, 0.1) is 0 Å². The van der Waals surface area contributed by atoms with Gasteiger partial charge in [0.1, 0.15) is 6.04 Å². The lowest BCUT2D eigenvalue weighted by atomic mass is 9.88. The Bertz CT molecular complexity index is 588. The fraction of sp³-hybridized carbons (Fsp3) is 0.308. The van der Waals surface area contributed by atoms with Crippen molar-refractivity contribution in [2.24, 2.45) is 0 Å². The lowest BCUT2D eigenvalue weighted by Gasteiger charge is -2.27. The molecule has 17 heavy (non-hydrogen) atoms. The fourth-order valence-electron chi connectivity index (χ4n) is 2.74. The summed E-state index contributed by atoms with van der Waals surface area (Å²) in [5.41, 5.74) is 3.33. The highest BCUT2D eigenvalue weighted by Gasteiger charge is 2.33. The summed E-state index contributed by atoms with van der Waals surface area (Å²) in [6.07, 6.45) is 0. The van der Waals surface area contributed by atoms with E-state index < -0.39 is 12.0 Å². The standard InChI is InChI=1S/C13H14N2O2/c1-7-11-8-4-2-3-5-9(8)15-10(11)6-14-12(7)13(16)17/h2-5,7,12,14-15H,6H2,1H3,(H,16,17). The molecule has 2 aromatic rings. The molecule has 3 rings (SSSR count). The van der Waals surface area contributed by atoms with Gasteiger partial charge in [0.2, 0.25) is 0 Å². The van der Waals surface area contributed by atoms with Crippen LogP contribution in [0.5, 0.6) is 0 Å². The van der Waals surface area contributed by atoms with Crippen molar-refractivity contribution in [1.82, 2.24) is 10.3 Å². The molecule has 2 heterocycles. The monoisotopic (exact) mass is 230 g/mol. The van der Waals surface area contributed by atoms with Gasteiger partial charge in [-0.05, 0) is 11.6 Å². The highest BCUT2D eigenvalue weighted by Crippen LogP contribution is 2.34. The topological polar surface area (TPSA) is 65.1 Å². The predicted octanol–water partition coefficient (Wildman–Crippen LogP) is 1.83. The summed E-state index contributed by atoms with van der Waals surface area (Å²) in [5.74, 6) is -0.805. The van der Waals surface area contributed by atoms with Crippen molar-refractivity contribution in [2.45, 2.75) is 25.4 Å². The van der Waals surface area contributed by atoms with Crippen LogP contribution in [0.2, 0.25) is 0 Å². The summed E-state index contributed by atoms with van der Waals surface area (Å²) in [6.45, 7) is 2.55. The number of H-pyrrole nitrogens is 1. The largest absolute Gasteiger partial charge is 0.480 e.